The lowest BCUT2D eigenvalue weighted by Crippen LogP contribution is -2.33. The van der Waals surface area contributed by atoms with E-state index in [0.29, 0.717) is 5.56 Å². The normalized spacial score (nSPS) is 11.8. The number of ether oxygens (including phenoxy) is 1. The Balaban J connectivity index is 1.65. The second kappa shape index (κ2) is 7.87. The molecule has 0 saturated carbocycles. The van der Waals surface area contributed by atoms with Gasteiger partial charge >= 0.3 is 0 Å². The van der Waals surface area contributed by atoms with Crippen LogP contribution in [0.3, 0.4) is 0 Å². The van der Waals surface area contributed by atoms with E-state index in [9.17, 15) is 4.79 Å². The van der Waals surface area contributed by atoms with E-state index in [4.69, 9.17) is 4.74 Å². The largest absolute Gasteiger partial charge is 0.497 e. The molecular formula is C21H23N3O2. The number of nitrogens with zero attached hydrogens (tertiary/aromatic N) is 2. The summed E-state index contributed by atoms with van der Waals surface area (Å²) in [6.07, 6.45) is 4.09. The quantitative estimate of drug-likeness (QED) is 0.740. The zero-order chi connectivity index (χ0) is 18.5. The molecule has 5 nitrogen and oxygen atoms in total. The van der Waals surface area contributed by atoms with Gasteiger partial charge in [-0.2, -0.15) is 5.10 Å². The van der Waals surface area contributed by atoms with E-state index < -0.39 is 0 Å². The fourth-order valence-corrected chi connectivity index (χ4v) is 2.90. The number of rotatable bonds is 6. The molecule has 1 amide bonds. The van der Waals surface area contributed by atoms with Crippen LogP contribution < -0.4 is 10.1 Å². The average molecular weight is 349 g/mol. The van der Waals surface area contributed by atoms with Gasteiger partial charge in [-0.05, 0) is 49.6 Å². The molecule has 0 saturated heterocycles. The van der Waals surface area contributed by atoms with E-state index >= 15 is 0 Å². The summed E-state index contributed by atoms with van der Waals surface area (Å²) in [4.78, 5) is 12.5. The SMILES string of the molecule is COc1cccc(CC(C)NC(=O)c2cnn(-c3ccccc3C)c2)c1. The zero-order valence-corrected chi connectivity index (χ0v) is 15.3. The van der Waals surface area contributed by atoms with Crippen LogP contribution in [0.4, 0.5) is 0 Å². The van der Waals surface area contributed by atoms with Gasteiger partial charge in [0.2, 0.25) is 0 Å². The minimum Gasteiger partial charge on any atom is -0.497 e. The maximum Gasteiger partial charge on any atom is 0.254 e. The molecule has 0 fully saturated rings. The van der Waals surface area contributed by atoms with Gasteiger partial charge in [0.25, 0.3) is 5.91 Å². The number of methoxy groups -OCH3 is 1. The number of hydrogen-bond acceptors (Lipinski definition) is 3. The number of aryl methyl sites for hydroxylation is 1. The summed E-state index contributed by atoms with van der Waals surface area (Å²) in [5.41, 5.74) is 3.74. The summed E-state index contributed by atoms with van der Waals surface area (Å²) in [5.74, 6) is 0.695. The molecule has 1 aromatic heterocycles. The maximum atomic E-state index is 12.5. The number of aromatic nitrogens is 2. The fraction of sp³-hybridized carbons (Fsp3) is 0.238. The van der Waals surface area contributed by atoms with Gasteiger partial charge < -0.3 is 10.1 Å². The molecule has 0 spiro atoms. The molecule has 3 aromatic rings. The Morgan fingerprint density at radius 1 is 1.23 bits per heavy atom. The summed E-state index contributed by atoms with van der Waals surface area (Å²) in [6.45, 7) is 4.01. The number of carbonyl (C=O) groups is 1. The Bertz CT molecular complexity index is 902. The van der Waals surface area contributed by atoms with Gasteiger partial charge in [0.1, 0.15) is 5.75 Å². The molecule has 0 aliphatic heterocycles. The molecule has 0 bridgehead atoms. The lowest BCUT2D eigenvalue weighted by Gasteiger charge is -2.14. The predicted octanol–water partition coefficient (Wildman–Crippen LogP) is 3.55. The highest BCUT2D eigenvalue weighted by atomic mass is 16.5. The molecule has 0 aliphatic carbocycles. The van der Waals surface area contributed by atoms with Crippen LogP contribution >= 0.6 is 0 Å². The van der Waals surface area contributed by atoms with E-state index in [1.807, 2.05) is 62.4 Å². The Kier molecular flexibility index (Phi) is 5.37. The molecule has 1 unspecified atom stereocenters. The second-order valence-corrected chi connectivity index (χ2v) is 6.39. The molecule has 134 valence electrons. The first-order valence-electron chi connectivity index (χ1n) is 8.61. The van der Waals surface area contributed by atoms with Crippen molar-refractivity contribution in [2.24, 2.45) is 0 Å². The van der Waals surface area contributed by atoms with Gasteiger partial charge in [-0.15, -0.1) is 0 Å². The van der Waals surface area contributed by atoms with Crippen molar-refractivity contribution in [1.82, 2.24) is 15.1 Å². The van der Waals surface area contributed by atoms with Crippen molar-refractivity contribution in [3.63, 3.8) is 0 Å². The molecule has 3 rings (SSSR count). The van der Waals surface area contributed by atoms with Crippen molar-refractivity contribution in [3.05, 3.63) is 77.6 Å². The van der Waals surface area contributed by atoms with E-state index in [-0.39, 0.29) is 11.9 Å². The van der Waals surface area contributed by atoms with E-state index in [2.05, 4.69) is 10.4 Å². The molecular weight excluding hydrogens is 326 g/mol. The van der Waals surface area contributed by atoms with Crippen molar-refractivity contribution in [1.29, 1.82) is 0 Å². The third-order valence-electron chi connectivity index (χ3n) is 4.26. The molecule has 1 atom stereocenters. The number of para-hydroxylation sites is 1. The average Bonchev–Trinajstić information content (AvgIpc) is 3.12. The molecule has 26 heavy (non-hydrogen) atoms. The number of nitrogens with one attached hydrogen (secondary N) is 1. The third-order valence-corrected chi connectivity index (χ3v) is 4.26. The van der Waals surface area contributed by atoms with Crippen molar-refractivity contribution in [3.8, 4) is 11.4 Å². The highest BCUT2D eigenvalue weighted by Crippen LogP contribution is 2.15. The van der Waals surface area contributed by atoms with Crippen LogP contribution in [0.5, 0.6) is 5.75 Å². The zero-order valence-electron chi connectivity index (χ0n) is 15.3. The Hall–Kier alpha value is -3.08. The molecule has 0 aliphatic rings. The lowest BCUT2D eigenvalue weighted by atomic mass is 10.1. The van der Waals surface area contributed by atoms with Gasteiger partial charge in [-0.3, -0.25) is 4.79 Å². The van der Waals surface area contributed by atoms with Crippen LogP contribution in [0.2, 0.25) is 0 Å². The Labute approximate surface area is 153 Å². The van der Waals surface area contributed by atoms with Crippen LogP contribution in [-0.4, -0.2) is 28.8 Å². The minimum absolute atomic E-state index is 0.00332. The maximum absolute atomic E-state index is 12.5. The highest BCUT2D eigenvalue weighted by Gasteiger charge is 2.13. The van der Waals surface area contributed by atoms with Crippen molar-refractivity contribution in [2.45, 2.75) is 26.3 Å². The number of benzene rings is 2. The van der Waals surface area contributed by atoms with Gasteiger partial charge in [0.15, 0.2) is 0 Å². The van der Waals surface area contributed by atoms with Crippen LogP contribution in [0, 0.1) is 6.92 Å². The summed E-state index contributed by atoms with van der Waals surface area (Å²) in [7, 11) is 1.65. The highest BCUT2D eigenvalue weighted by molar-refractivity contribution is 5.94. The standard InChI is InChI=1S/C21H23N3O2/c1-15-7-4-5-10-20(15)24-14-18(13-22-24)21(25)23-16(2)11-17-8-6-9-19(12-17)26-3/h4-10,12-14,16H,11H2,1-3H3,(H,23,25). The second-order valence-electron chi connectivity index (χ2n) is 6.39. The van der Waals surface area contributed by atoms with Crippen LogP contribution in [0.1, 0.15) is 28.4 Å². The first-order chi connectivity index (χ1) is 12.6. The lowest BCUT2D eigenvalue weighted by molar-refractivity contribution is 0.0940. The number of hydrogen-bond donors (Lipinski definition) is 1. The molecule has 5 heteroatoms. The number of carbonyl (C=O) groups excluding carboxylic acids is 1. The Morgan fingerprint density at radius 3 is 2.81 bits per heavy atom. The van der Waals surface area contributed by atoms with Crippen molar-refractivity contribution >= 4 is 5.91 Å². The fourth-order valence-electron chi connectivity index (χ4n) is 2.90. The molecule has 2 aromatic carbocycles. The van der Waals surface area contributed by atoms with Gasteiger partial charge in [0, 0.05) is 12.2 Å². The van der Waals surface area contributed by atoms with Crippen LogP contribution in [0.25, 0.3) is 5.69 Å². The van der Waals surface area contributed by atoms with E-state index in [1.165, 1.54) is 0 Å². The van der Waals surface area contributed by atoms with E-state index in [1.54, 1.807) is 24.2 Å². The summed E-state index contributed by atoms with van der Waals surface area (Å²) in [5, 5.41) is 7.35. The van der Waals surface area contributed by atoms with Gasteiger partial charge in [0.05, 0.1) is 24.6 Å². The van der Waals surface area contributed by atoms with Gasteiger partial charge in [-0.1, -0.05) is 30.3 Å². The predicted molar refractivity (Wildman–Crippen MR) is 102 cm³/mol. The summed E-state index contributed by atoms with van der Waals surface area (Å²) >= 11 is 0. The molecule has 1 N–H and O–H groups in total. The number of amides is 1. The molecule has 1 heterocycles. The smallest absolute Gasteiger partial charge is 0.254 e. The van der Waals surface area contributed by atoms with Crippen LogP contribution in [-0.2, 0) is 6.42 Å². The van der Waals surface area contributed by atoms with E-state index in [0.717, 1.165) is 29.0 Å². The van der Waals surface area contributed by atoms with Crippen molar-refractivity contribution < 1.29 is 9.53 Å². The van der Waals surface area contributed by atoms with Crippen molar-refractivity contribution in [2.75, 3.05) is 7.11 Å². The minimum atomic E-state index is -0.125. The molecule has 0 radical (unpaired) electrons. The van der Waals surface area contributed by atoms with Crippen LogP contribution in [0.15, 0.2) is 60.9 Å². The van der Waals surface area contributed by atoms with Gasteiger partial charge in [-0.25, -0.2) is 4.68 Å². The third kappa shape index (κ3) is 4.11. The first-order valence-corrected chi connectivity index (χ1v) is 8.61. The monoisotopic (exact) mass is 349 g/mol. The summed E-state index contributed by atoms with van der Waals surface area (Å²) < 4.78 is 6.98. The summed E-state index contributed by atoms with van der Waals surface area (Å²) in [6, 6.07) is 15.8. The Morgan fingerprint density at radius 2 is 2.04 bits per heavy atom. The topological polar surface area (TPSA) is 56.1 Å². The first kappa shape index (κ1) is 17.7.